The van der Waals surface area contributed by atoms with Crippen LogP contribution in [0.5, 0.6) is 0 Å². The Morgan fingerprint density at radius 1 is 1.37 bits per heavy atom. The van der Waals surface area contributed by atoms with E-state index in [0.717, 1.165) is 25.8 Å². The molecule has 0 aromatic carbocycles. The van der Waals surface area contributed by atoms with Crippen LogP contribution < -0.4 is 0 Å². The molecule has 1 aliphatic heterocycles. The Kier molecular flexibility index (Phi) is 5.35. The van der Waals surface area contributed by atoms with Crippen molar-refractivity contribution in [3.63, 3.8) is 0 Å². The monoisotopic (exact) mass is 270 g/mol. The van der Waals surface area contributed by atoms with Crippen molar-refractivity contribution in [1.29, 1.82) is 0 Å². The van der Waals surface area contributed by atoms with E-state index in [4.69, 9.17) is 0 Å². The van der Waals surface area contributed by atoms with Gasteiger partial charge in [-0.3, -0.25) is 14.5 Å². The molecular weight excluding hydrogens is 244 g/mol. The molecule has 0 aromatic heterocycles. The largest absolute Gasteiger partial charge is 0.480 e. The lowest BCUT2D eigenvalue weighted by Crippen LogP contribution is -2.54. The van der Waals surface area contributed by atoms with E-state index >= 15 is 0 Å². The number of nitrogens with zero attached hydrogens (tertiary/aromatic N) is 2. The maximum Gasteiger partial charge on any atom is 0.321 e. The number of carboxylic acid groups (broad SMARTS) is 1. The van der Waals surface area contributed by atoms with Crippen molar-refractivity contribution in [3.05, 3.63) is 0 Å². The first-order valence-corrected chi connectivity index (χ1v) is 6.93. The zero-order chi connectivity index (χ0) is 14.6. The van der Waals surface area contributed by atoms with Gasteiger partial charge in [0.25, 0.3) is 0 Å². The van der Waals surface area contributed by atoms with E-state index in [1.807, 2.05) is 18.7 Å². The number of carboxylic acids is 1. The molecule has 0 bridgehead atoms. The smallest absolute Gasteiger partial charge is 0.321 e. The third-order valence-corrected chi connectivity index (χ3v) is 3.94. The molecular formula is C14H26N2O3. The average Bonchev–Trinajstić information content (AvgIpc) is 2.26. The van der Waals surface area contributed by atoms with E-state index in [9.17, 15) is 14.7 Å². The minimum atomic E-state index is -0.747. The predicted molar refractivity (Wildman–Crippen MR) is 73.9 cm³/mol. The fourth-order valence-electron chi connectivity index (χ4n) is 2.89. The van der Waals surface area contributed by atoms with Gasteiger partial charge < -0.3 is 10.0 Å². The highest BCUT2D eigenvalue weighted by Gasteiger charge is 2.42. The molecule has 110 valence electrons. The van der Waals surface area contributed by atoms with Gasteiger partial charge in [-0.2, -0.15) is 0 Å². The number of carbonyl (C=O) groups is 2. The van der Waals surface area contributed by atoms with Crippen molar-refractivity contribution in [3.8, 4) is 0 Å². The summed E-state index contributed by atoms with van der Waals surface area (Å²) in [6.07, 6.45) is 3.17. The molecule has 0 aliphatic carbocycles. The summed E-state index contributed by atoms with van der Waals surface area (Å²) in [5.74, 6) is -0.646. The van der Waals surface area contributed by atoms with Gasteiger partial charge in [-0.1, -0.05) is 13.8 Å². The van der Waals surface area contributed by atoms with Crippen molar-refractivity contribution >= 4 is 11.9 Å². The number of carbonyl (C=O) groups excluding carboxylic acids is 1. The normalized spacial score (nSPS) is 23.1. The first-order chi connectivity index (χ1) is 8.75. The minimum absolute atomic E-state index is 0.100. The third kappa shape index (κ3) is 4.20. The first kappa shape index (κ1) is 16.0. The molecule has 19 heavy (non-hydrogen) atoms. The van der Waals surface area contributed by atoms with E-state index in [1.54, 1.807) is 19.0 Å². The Morgan fingerprint density at radius 2 is 2.00 bits per heavy atom. The van der Waals surface area contributed by atoms with Crippen LogP contribution in [0.3, 0.4) is 0 Å². The van der Waals surface area contributed by atoms with Gasteiger partial charge in [-0.25, -0.2) is 0 Å². The number of piperidine rings is 1. The molecule has 0 aromatic rings. The molecule has 1 aliphatic rings. The Hall–Kier alpha value is -1.10. The number of hydrogen-bond acceptors (Lipinski definition) is 3. The van der Waals surface area contributed by atoms with E-state index in [-0.39, 0.29) is 11.3 Å². The van der Waals surface area contributed by atoms with Gasteiger partial charge in [0.2, 0.25) is 5.91 Å². The zero-order valence-electron chi connectivity index (χ0n) is 12.5. The summed E-state index contributed by atoms with van der Waals surface area (Å²) < 4.78 is 0. The molecule has 1 unspecified atom stereocenters. The van der Waals surface area contributed by atoms with Gasteiger partial charge in [0, 0.05) is 20.5 Å². The molecule has 5 heteroatoms. The van der Waals surface area contributed by atoms with Gasteiger partial charge in [0.1, 0.15) is 6.04 Å². The van der Waals surface area contributed by atoms with Crippen molar-refractivity contribution in [2.24, 2.45) is 5.41 Å². The quantitative estimate of drug-likeness (QED) is 0.821. The Morgan fingerprint density at radius 3 is 2.53 bits per heavy atom. The second kappa shape index (κ2) is 6.37. The van der Waals surface area contributed by atoms with E-state index in [0.29, 0.717) is 13.0 Å². The summed E-state index contributed by atoms with van der Waals surface area (Å²) in [5.41, 5.74) is -0.199. The van der Waals surface area contributed by atoms with Gasteiger partial charge in [-0.15, -0.1) is 0 Å². The lowest BCUT2D eigenvalue weighted by atomic mass is 9.76. The molecule has 1 atom stereocenters. The summed E-state index contributed by atoms with van der Waals surface area (Å²) in [4.78, 5) is 26.6. The summed E-state index contributed by atoms with van der Waals surface area (Å²) in [7, 11) is 3.48. The average molecular weight is 270 g/mol. The fourth-order valence-corrected chi connectivity index (χ4v) is 2.89. The first-order valence-electron chi connectivity index (χ1n) is 6.93. The number of rotatable bonds is 5. The molecule has 0 radical (unpaired) electrons. The maximum atomic E-state index is 11.5. The van der Waals surface area contributed by atoms with Crippen LogP contribution in [0.15, 0.2) is 0 Å². The Labute approximate surface area is 115 Å². The highest BCUT2D eigenvalue weighted by Crippen LogP contribution is 2.35. The van der Waals surface area contributed by atoms with Crippen LogP contribution in [0.25, 0.3) is 0 Å². The van der Waals surface area contributed by atoms with Crippen molar-refractivity contribution in [2.75, 3.05) is 27.2 Å². The fraction of sp³-hybridized carbons (Fsp3) is 0.857. The Bertz CT molecular complexity index is 340. The SMILES string of the molecule is CN(C)C(=O)CCCN1CCCC(C)(C)C1C(=O)O. The lowest BCUT2D eigenvalue weighted by Gasteiger charge is -2.44. The summed E-state index contributed by atoms with van der Waals surface area (Å²) in [6.45, 7) is 5.53. The molecule has 1 N–H and O–H groups in total. The number of hydrogen-bond donors (Lipinski definition) is 1. The molecule has 1 saturated heterocycles. The van der Waals surface area contributed by atoms with Crippen molar-refractivity contribution in [1.82, 2.24) is 9.80 Å². The second-order valence-corrected chi connectivity index (χ2v) is 6.26. The van der Waals surface area contributed by atoms with Crippen LogP contribution in [0.4, 0.5) is 0 Å². The number of amides is 1. The molecule has 1 amide bonds. The van der Waals surface area contributed by atoms with Crippen LogP contribution in [-0.2, 0) is 9.59 Å². The molecule has 1 heterocycles. The van der Waals surface area contributed by atoms with E-state index in [1.165, 1.54) is 0 Å². The van der Waals surface area contributed by atoms with Gasteiger partial charge in [0.15, 0.2) is 0 Å². The summed E-state index contributed by atoms with van der Waals surface area (Å²) in [6, 6.07) is -0.435. The maximum absolute atomic E-state index is 11.5. The van der Waals surface area contributed by atoms with Crippen molar-refractivity contribution in [2.45, 2.75) is 45.6 Å². The number of likely N-dealkylation sites (tertiary alicyclic amines) is 1. The van der Waals surface area contributed by atoms with Gasteiger partial charge >= 0.3 is 5.97 Å². The van der Waals surface area contributed by atoms with E-state index < -0.39 is 12.0 Å². The van der Waals surface area contributed by atoms with E-state index in [2.05, 4.69) is 0 Å². The third-order valence-electron chi connectivity index (χ3n) is 3.94. The molecule has 5 nitrogen and oxygen atoms in total. The Balaban J connectivity index is 2.55. The highest BCUT2D eigenvalue weighted by atomic mass is 16.4. The second-order valence-electron chi connectivity index (χ2n) is 6.26. The molecule has 1 fully saturated rings. The van der Waals surface area contributed by atoms with Crippen LogP contribution in [0.1, 0.15) is 39.5 Å². The topological polar surface area (TPSA) is 60.9 Å². The van der Waals surface area contributed by atoms with Crippen molar-refractivity contribution < 1.29 is 14.7 Å². The summed E-state index contributed by atoms with van der Waals surface area (Å²) in [5, 5.41) is 9.42. The lowest BCUT2D eigenvalue weighted by molar-refractivity contribution is -0.150. The predicted octanol–water partition coefficient (Wildman–Crippen LogP) is 1.43. The zero-order valence-corrected chi connectivity index (χ0v) is 12.5. The minimum Gasteiger partial charge on any atom is -0.480 e. The van der Waals surface area contributed by atoms with Gasteiger partial charge in [0.05, 0.1) is 0 Å². The summed E-state index contributed by atoms with van der Waals surface area (Å²) >= 11 is 0. The molecule has 0 spiro atoms. The van der Waals surface area contributed by atoms with Crippen LogP contribution in [0, 0.1) is 5.41 Å². The molecule has 1 rings (SSSR count). The number of aliphatic carboxylic acids is 1. The molecule has 0 saturated carbocycles. The van der Waals surface area contributed by atoms with Crippen LogP contribution in [-0.4, -0.2) is 60.0 Å². The van der Waals surface area contributed by atoms with Gasteiger partial charge in [-0.05, 0) is 37.8 Å². The van der Waals surface area contributed by atoms with Crippen LogP contribution in [0.2, 0.25) is 0 Å². The highest BCUT2D eigenvalue weighted by molar-refractivity contribution is 5.76. The van der Waals surface area contributed by atoms with Crippen LogP contribution >= 0.6 is 0 Å². The standard InChI is InChI=1S/C14H26N2O3/c1-14(2)8-6-10-16(12(14)13(18)19)9-5-7-11(17)15(3)4/h12H,5-10H2,1-4H3,(H,18,19).